The molecule has 0 aliphatic carbocycles. The van der Waals surface area contributed by atoms with Crippen LogP contribution in [-0.2, 0) is 0 Å². The first kappa shape index (κ1) is 19.2. The molecule has 0 saturated heterocycles. The van der Waals surface area contributed by atoms with Gasteiger partial charge in [0, 0.05) is 5.39 Å². The van der Waals surface area contributed by atoms with Crippen LogP contribution in [0.25, 0.3) is 21.7 Å². The molecule has 1 unspecified atom stereocenters. The Morgan fingerprint density at radius 1 is 0.815 bits per heavy atom. The first-order valence-corrected chi connectivity index (χ1v) is 9.16. The number of nitrogens with one attached hydrogen (secondary N) is 1. The standard InChI is InChI=1S/C24H24N2.ClH/c1-15-12-17(3)24-22(13-15)16(2)14-23(26-24)25-18(4)20-11-7-9-19-8-5-6-10-21(19)20;/h5-14,18H,1-4H3,(H,25,26);1H. The highest BCUT2D eigenvalue weighted by atomic mass is 35.5. The van der Waals surface area contributed by atoms with Crippen molar-refractivity contribution >= 4 is 39.9 Å². The van der Waals surface area contributed by atoms with Crippen LogP contribution in [0.1, 0.15) is 35.2 Å². The van der Waals surface area contributed by atoms with E-state index in [1.807, 2.05) is 0 Å². The average molecular weight is 377 g/mol. The summed E-state index contributed by atoms with van der Waals surface area (Å²) in [4.78, 5) is 4.91. The molecule has 0 amide bonds. The Labute approximate surface area is 167 Å². The molecule has 1 heterocycles. The number of aryl methyl sites for hydroxylation is 3. The van der Waals surface area contributed by atoms with E-state index in [4.69, 9.17) is 4.98 Å². The van der Waals surface area contributed by atoms with Crippen molar-refractivity contribution in [3.8, 4) is 0 Å². The maximum absolute atomic E-state index is 4.91. The number of fused-ring (bicyclic) bond motifs is 2. The first-order chi connectivity index (χ1) is 12.5. The summed E-state index contributed by atoms with van der Waals surface area (Å²) in [5.74, 6) is 0.933. The largest absolute Gasteiger partial charge is 0.364 e. The lowest BCUT2D eigenvalue weighted by atomic mass is 9.99. The third-order valence-corrected chi connectivity index (χ3v) is 5.11. The van der Waals surface area contributed by atoms with Crippen molar-refractivity contribution in [2.24, 2.45) is 0 Å². The summed E-state index contributed by atoms with van der Waals surface area (Å²) in [6, 6.07) is 21.8. The van der Waals surface area contributed by atoms with E-state index >= 15 is 0 Å². The molecule has 1 atom stereocenters. The normalized spacial score (nSPS) is 12.0. The van der Waals surface area contributed by atoms with Crippen LogP contribution < -0.4 is 5.32 Å². The zero-order valence-electron chi connectivity index (χ0n) is 16.2. The van der Waals surface area contributed by atoms with Gasteiger partial charge in [0.2, 0.25) is 0 Å². The fourth-order valence-electron chi connectivity index (χ4n) is 3.85. The van der Waals surface area contributed by atoms with E-state index in [2.05, 4.69) is 93.7 Å². The van der Waals surface area contributed by atoms with E-state index in [-0.39, 0.29) is 18.4 Å². The third kappa shape index (κ3) is 3.63. The van der Waals surface area contributed by atoms with Crippen LogP contribution in [0.5, 0.6) is 0 Å². The maximum Gasteiger partial charge on any atom is 0.127 e. The van der Waals surface area contributed by atoms with Crippen LogP contribution in [0.2, 0.25) is 0 Å². The number of rotatable bonds is 3. The van der Waals surface area contributed by atoms with Crippen molar-refractivity contribution < 1.29 is 0 Å². The SMILES string of the molecule is Cc1cc(C)c2nc(NC(C)c3cccc4ccccc34)cc(C)c2c1.Cl. The van der Waals surface area contributed by atoms with E-state index in [0.29, 0.717) is 0 Å². The fraction of sp³-hybridized carbons (Fsp3) is 0.208. The highest BCUT2D eigenvalue weighted by molar-refractivity contribution is 5.88. The summed E-state index contributed by atoms with van der Waals surface area (Å²) in [5.41, 5.74) is 6.15. The second-order valence-corrected chi connectivity index (χ2v) is 7.24. The highest BCUT2D eigenvalue weighted by Gasteiger charge is 2.12. The van der Waals surface area contributed by atoms with Crippen molar-refractivity contribution in [1.29, 1.82) is 0 Å². The molecule has 0 bridgehead atoms. The molecule has 1 N–H and O–H groups in total. The molecule has 4 aromatic rings. The summed E-state index contributed by atoms with van der Waals surface area (Å²) in [6.07, 6.45) is 0. The van der Waals surface area contributed by atoms with Crippen molar-refractivity contribution in [3.05, 3.63) is 82.9 Å². The summed E-state index contributed by atoms with van der Waals surface area (Å²) >= 11 is 0. The highest BCUT2D eigenvalue weighted by Crippen LogP contribution is 2.29. The second kappa shape index (κ2) is 7.58. The van der Waals surface area contributed by atoms with E-state index in [9.17, 15) is 0 Å². The van der Waals surface area contributed by atoms with Crippen LogP contribution in [0.3, 0.4) is 0 Å². The molecule has 0 spiro atoms. The van der Waals surface area contributed by atoms with E-state index in [1.54, 1.807) is 0 Å². The number of hydrogen-bond acceptors (Lipinski definition) is 2. The predicted octanol–water partition coefficient (Wildman–Crippen LogP) is 6.91. The van der Waals surface area contributed by atoms with Crippen LogP contribution in [0.4, 0.5) is 5.82 Å². The lowest BCUT2D eigenvalue weighted by Crippen LogP contribution is -2.09. The van der Waals surface area contributed by atoms with Gasteiger partial charge in [0.05, 0.1) is 11.6 Å². The fourth-order valence-corrected chi connectivity index (χ4v) is 3.85. The topological polar surface area (TPSA) is 24.9 Å². The van der Waals surface area contributed by atoms with Gasteiger partial charge in [0.25, 0.3) is 0 Å². The number of benzene rings is 3. The number of hydrogen-bond donors (Lipinski definition) is 1. The van der Waals surface area contributed by atoms with E-state index in [0.717, 1.165) is 11.3 Å². The minimum absolute atomic E-state index is 0. The smallest absolute Gasteiger partial charge is 0.127 e. The summed E-state index contributed by atoms with van der Waals surface area (Å²) in [6.45, 7) is 8.64. The minimum atomic E-state index is 0. The van der Waals surface area contributed by atoms with Crippen molar-refractivity contribution in [2.45, 2.75) is 33.7 Å². The van der Waals surface area contributed by atoms with Crippen LogP contribution >= 0.6 is 12.4 Å². The number of halogens is 1. The molecule has 0 fully saturated rings. The molecule has 1 aromatic heterocycles. The average Bonchev–Trinajstić information content (AvgIpc) is 2.62. The molecular weight excluding hydrogens is 352 g/mol. The molecule has 0 aliphatic rings. The van der Waals surface area contributed by atoms with Gasteiger partial charge in [0.15, 0.2) is 0 Å². The molecular formula is C24H25ClN2. The monoisotopic (exact) mass is 376 g/mol. The summed E-state index contributed by atoms with van der Waals surface area (Å²) in [5, 5.41) is 7.42. The van der Waals surface area contributed by atoms with Gasteiger partial charge >= 0.3 is 0 Å². The maximum atomic E-state index is 4.91. The molecule has 0 radical (unpaired) electrons. The van der Waals surface area contributed by atoms with E-state index in [1.165, 1.54) is 38.4 Å². The molecule has 0 aliphatic heterocycles. The van der Waals surface area contributed by atoms with Gasteiger partial charge in [-0.05, 0) is 67.3 Å². The van der Waals surface area contributed by atoms with Crippen LogP contribution in [0.15, 0.2) is 60.7 Å². The van der Waals surface area contributed by atoms with Crippen LogP contribution in [-0.4, -0.2) is 4.98 Å². The third-order valence-electron chi connectivity index (χ3n) is 5.11. The van der Waals surface area contributed by atoms with Gasteiger partial charge in [-0.25, -0.2) is 4.98 Å². The van der Waals surface area contributed by atoms with Crippen molar-refractivity contribution in [2.75, 3.05) is 5.32 Å². The minimum Gasteiger partial charge on any atom is -0.364 e. The van der Waals surface area contributed by atoms with Crippen molar-refractivity contribution in [3.63, 3.8) is 0 Å². The van der Waals surface area contributed by atoms with E-state index < -0.39 is 0 Å². The van der Waals surface area contributed by atoms with Gasteiger partial charge in [-0.2, -0.15) is 0 Å². The lowest BCUT2D eigenvalue weighted by Gasteiger charge is -2.18. The number of anilines is 1. The Kier molecular flexibility index (Phi) is 5.38. The quantitative estimate of drug-likeness (QED) is 0.420. The molecule has 3 heteroatoms. The van der Waals surface area contributed by atoms with Gasteiger partial charge < -0.3 is 5.32 Å². The molecule has 2 nitrogen and oxygen atoms in total. The first-order valence-electron chi connectivity index (χ1n) is 9.16. The Morgan fingerprint density at radius 2 is 1.56 bits per heavy atom. The Morgan fingerprint density at radius 3 is 2.37 bits per heavy atom. The molecule has 3 aromatic carbocycles. The zero-order chi connectivity index (χ0) is 18.3. The number of nitrogens with zero attached hydrogens (tertiary/aromatic N) is 1. The zero-order valence-corrected chi connectivity index (χ0v) is 17.0. The Bertz CT molecular complexity index is 1110. The van der Waals surface area contributed by atoms with Gasteiger partial charge in [-0.1, -0.05) is 54.1 Å². The summed E-state index contributed by atoms with van der Waals surface area (Å²) in [7, 11) is 0. The predicted molar refractivity (Wildman–Crippen MR) is 119 cm³/mol. The summed E-state index contributed by atoms with van der Waals surface area (Å²) < 4.78 is 0. The Hall–Kier alpha value is -2.58. The lowest BCUT2D eigenvalue weighted by molar-refractivity contribution is 0.885. The van der Waals surface area contributed by atoms with Crippen molar-refractivity contribution in [1.82, 2.24) is 4.98 Å². The Balaban J connectivity index is 0.00000210. The van der Waals surface area contributed by atoms with Gasteiger partial charge in [-0.3, -0.25) is 0 Å². The molecule has 4 rings (SSSR count). The second-order valence-electron chi connectivity index (χ2n) is 7.24. The molecule has 138 valence electrons. The molecule has 0 saturated carbocycles. The van der Waals surface area contributed by atoms with Gasteiger partial charge in [0.1, 0.15) is 5.82 Å². The van der Waals surface area contributed by atoms with Gasteiger partial charge in [-0.15, -0.1) is 12.4 Å². The molecule has 27 heavy (non-hydrogen) atoms. The number of aromatic nitrogens is 1. The number of pyridine rings is 1. The van der Waals surface area contributed by atoms with Crippen LogP contribution in [0, 0.1) is 20.8 Å².